The van der Waals surface area contributed by atoms with E-state index in [9.17, 15) is 4.79 Å². The van der Waals surface area contributed by atoms with Crippen molar-refractivity contribution in [2.45, 2.75) is 19.8 Å². The van der Waals surface area contributed by atoms with Gasteiger partial charge in [-0.15, -0.1) is 0 Å². The van der Waals surface area contributed by atoms with Crippen molar-refractivity contribution in [3.05, 3.63) is 34.6 Å². The van der Waals surface area contributed by atoms with Gasteiger partial charge in [-0.3, -0.25) is 4.79 Å². The van der Waals surface area contributed by atoms with Gasteiger partial charge in [0.25, 0.3) is 5.91 Å². The van der Waals surface area contributed by atoms with Gasteiger partial charge in [0.15, 0.2) is 0 Å². The second kappa shape index (κ2) is 7.78. The Morgan fingerprint density at radius 1 is 1.12 bits per heavy atom. The number of methoxy groups -OCH3 is 2. The van der Waals surface area contributed by atoms with E-state index in [0.29, 0.717) is 33.9 Å². The predicted molar refractivity (Wildman–Crippen MR) is 101 cm³/mol. The average molecular weight is 377 g/mol. The molecule has 0 radical (unpaired) electrons. The zero-order chi connectivity index (χ0) is 18.7. The molecule has 0 aliphatic carbocycles. The van der Waals surface area contributed by atoms with Gasteiger partial charge < -0.3 is 19.7 Å². The normalized spacial score (nSPS) is 13.6. The smallest absolute Gasteiger partial charge is 0.274 e. The van der Waals surface area contributed by atoms with Crippen LogP contribution >= 0.6 is 11.6 Å². The van der Waals surface area contributed by atoms with Gasteiger partial charge in [-0.1, -0.05) is 11.6 Å². The van der Waals surface area contributed by atoms with E-state index in [1.54, 1.807) is 18.2 Å². The first kappa shape index (κ1) is 18.3. The second-order valence-corrected chi connectivity index (χ2v) is 6.44. The molecule has 1 aliphatic rings. The monoisotopic (exact) mass is 376 g/mol. The van der Waals surface area contributed by atoms with Gasteiger partial charge in [0, 0.05) is 30.9 Å². The van der Waals surface area contributed by atoms with Crippen molar-refractivity contribution in [1.82, 2.24) is 9.97 Å². The van der Waals surface area contributed by atoms with Crippen molar-refractivity contribution < 1.29 is 14.3 Å². The average Bonchev–Trinajstić information content (AvgIpc) is 3.17. The molecule has 1 saturated heterocycles. The summed E-state index contributed by atoms with van der Waals surface area (Å²) < 4.78 is 10.5. The van der Waals surface area contributed by atoms with Crippen molar-refractivity contribution in [3.8, 4) is 11.5 Å². The van der Waals surface area contributed by atoms with Crippen molar-refractivity contribution in [3.63, 3.8) is 0 Å². The lowest BCUT2D eigenvalue weighted by Gasteiger charge is -2.17. The van der Waals surface area contributed by atoms with Gasteiger partial charge in [0.1, 0.15) is 17.2 Å². The number of nitrogens with one attached hydrogen (secondary N) is 1. The zero-order valence-electron chi connectivity index (χ0n) is 15.0. The molecule has 0 saturated carbocycles. The highest BCUT2D eigenvalue weighted by Crippen LogP contribution is 2.36. The van der Waals surface area contributed by atoms with Crippen molar-refractivity contribution in [2.75, 3.05) is 37.5 Å². The summed E-state index contributed by atoms with van der Waals surface area (Å²) in [4.78, 5) is 23.7. The van der Waals surface area contributed by atoms with Crippen LogP contribution in [0.4, 0.5) is 11.6 Å². The molecule has 1 fully saturated rings. The Balaban J connectivity index is 1.88. The summed E-state index contributed by atoms with van der Waals surface area (Å²) in [7, 11) is 3.02. The molecule has 1 amide bonds. The molecule has 2 aromatic rings. The van der Waals surface area contributed by atoms with E-state index >= 15 is 0 Å². The number of nitrogens with zero attached hydrogens (tertiary/aromatic N) is 3. The molecule has 1 aliphatic heterocycles. The molecule has 138 valence electrons. The van der Waals surface area contributed by atoms with Crippen LogP contribution in [-0.2, 0) is 0 Å². The third-order valence-corrected chi connectivity index (χ3v) is 4.48. The maximum absolute atomic E-state index is 12.7. The minimum atomic E-state index is -0.348. The number of anilines is 2. The molecule has 0 unspecified atom stereocenters. The van der Waals surface area contributed by atoms with E-state index in [0.717, 1.165) is 31.6 Å². The first-order valence-electron chi connectivity index (χ1n) is 8.35. The summed E-state index contributed by atoms with van der Waals surface area (Å²) in [6.07, 6.45) is 2.22. The summed E-state index contributed by atoms with van der Waals surface area (Å²) in [5.74, 6) is 1.13. The first-order chi connectivity index (χ1) is 12.5. The Bertz CT molecular complexity index is 822. The van der Waals surface area contributed by atoms with E-state index < -0.39 is 0 Å². The molecular weight excluding hydrogens is 356 g/mol. The van der Waals surface area contributed by atoms with Gasteiger partial charge in [0.2, 0.25) is 5.95 Å². The maximum atomic E-state index is 12.7. The SMILES string of the molecule is COc1cc(NC(=O)c2cc(C)nc(N3CCCC3)n2)c(OC)cc1Cl. The quantitative estimate of drug-likeness (QED) is 0.862. The minimum Gasteiger partial charge on any atom is -0.495 e. The minimum absolute atomic E-state index is 0.301. The third kappa shape index (κ3) is 3.83. The van der Waals surface area contributed by atoms with Gasteiger partial charge in [-0.05, 0) is 25.8 Å². The zero-order valence-corrected chi connectivity index (χ0v) is 15.8. The Kier molecular flexibility index (Phi) is 5.46. The van der Waals surface area contributed by atoms with Crippen LogP contribution in [0.3, 0.4) is 0 Å². The molecule has 26 heavy (non-hydrogen) atoms. The number of hydrogen-bond donors (Lipinski definition) is 1. The van der Waals surface area contributed by atoms with E-state index in [4.69, 9.17) is 21.1 Å². The number of benzene rings is 1. The number of carbonyl (C=O) groups is 1. The molecule has 1 aromatic carbocycles. The molecule has 2 heterocycles. The van der Waals surface area contributed by atoms with Crippen molar-refractivity contribution >= 4 is 29.1 Å². The number of amides is 1. The predicted octanol–water partition coefficient (Wildman–Crippen LogP) is 3.31. The fraction of sp³-hybridized carbons (Fsp3) is 0.389. The van der Waals surface area contributed by atoms with Gasteiger partial charge >= 0.3 is 0 Å². The summed E-state index contributed by atoms with van der Waals surface area (Å²) in [6.45, 7) is 3.67. The van der Waals surface area contributed by atoms with E-state index in [1.807, 2.05) is 6.92 Å². The number of aromatic nitrogens is 2. The molecule has 1 N–H and O–H groups in total. The molecule has 0 atom stereocenters. The lowest BCUT2D eigenvalue weighted by atomic mass is 10.2. The second-order valence-electron chi connectivity index (χ2n) is 6.03. The highest BCUT2D eigenvalue weighted by Gasteiger charge is 2.19. The van der Waals surface area contributed by atoms with Gasteiger partial charge in [-0.25, -0.2) is 9.97 Å². The van der Waals surface area contributed by atoms with Crippen LogP contribution in [0.2, 0.25) is 5.02 Å². The fourth-order valence-corrected chi connectivity index (χ4v) is 3.10. The molecule has 3 rings (SSSR count). The van der Waals surface area contributed by atoms with Crippen LogP contribution in [0.1, 0.15) is 29.0 Å². The lowest BCUT2D eigenvalue weighted by Crippen LogP contribution is -2.23. The lowest BCUT2D eigenvalue weighted by molar-refractivity contribution is 0.102. The number of ether oxygens (including phenoxy) is 2. The summed E-state index contributed by atoms with van der Waals surface area (Å²) in [5.41, 5.74) is 1.50. The fourth-order valence-electron chi connectivity index (χ4n) is 2.87. The highest BCUT2D eigenvalue weighted by molar-refractivity contribution is 6.32. The third-order valence-electron chi connectivity index (χ3n) is 4.19. The molecule has 0 spiro atoms. The van der Waals surface area contributed by atoms with Crippen LogP contribution in [0, 0.1) is 6.92 Å². The maximum Gasteiger partial charge on any atom is 0.274 e. The van der Waals surface area contributed by atoms with Crippen molar-refractivity contribution in [2.24, 2.45) is 0 Å². The number of carbonyl (C=O) groups excluding carboxylic acids is 1. The Hall–Kier alpha value is -2.54. The van der Waals surface area contributed by atoms with Crippen molar-refractivity contribution in [1.29, 1.82) is 0 Å². The Morgan fingerprint density at radius 2 is 1.81 bits per heavy atom. The van der Waals surface area contributed by atoms with Crippen LogP contribution in [0.25, 0.3) is 0 Å². The van der Waals surface area contributed by atoms with Gasteiger partial charge in [-0.2, -0.15) is 0 Å². The first-order valence-corrected chi connectivity index (χ1v) is 8.73. The largest absolute Gasteiger partial charge is 0.495 e. The van der Waals surface area contributed by atoms with E-state index in [-0.39, 0.29) is 5.91 Å². The number of halogens is 1. The molecule has 1 aromatic heterocycles. The molecule has 7 nitrogen and oxygen atoms in total. The van der Waals surface area contributed by atoms with E-state index in [2.05, 4.69) is 20.2 Å². The standard InChI is InChI=1S/C18H21ClN4O3/c1-11-8-14(22-18(20-11)23-6-4-5-7-23)17(24)21-13-10-15(25-2)12(19)9-16(13)26-3/h8-10H,4-7H2,1-3H3,(H,21,24). The molecule has 0 bridgehead atoms. The number of rotatable bonds is 5. The van der Waals surface area contributed by atoms with Crippen LogP contribution in [0.5, 0.6) is 11.5 Å². The summed E-state index contributed by atoms with van der Waals surface area (Å²) in [5, 5.41) is 3.21. The van der Waals surface area contributed by atoms with E-state index in [1.165, 1.54) is 14.2 Å². The summed E-state index contributed by atoms with van der Waals surface area (Å²) in [6, 6.07) is 4.87. The van der Waals surface area contributed by atoms with Gasteiger partial charge in [0.05, 0.1) is 24.9 Å². The highest BCUT2D eigenvalue weighted by atomic mass is 35.5. The van der Waals surface area contributed by atoms with Crippen LogP contribution in [0.15, 0.2) is 18.2 Å². The number of hydrogen-bond acceptors (Lipinski definition) is 6. The van der Waals surface area contributed by atoms with Crippen LogP contribution < -0.4 is 19.7 Å². The molecular formula is C18H21ClN4O3. The Morgan fingerprint density at radius 3 is 2.46 bits per heavy atom. The van der Waals surface area contributed by atoms with Crippen LogP contribution in [-0.4, -0.2) is 43.2 Å². The number of aryl methyl sites for hydroxylation is 1. The topological polar surface area (TPSA) is 76.6 Å². The summed E-state index contributed by atoms with van der Waals surface area (Å²) >= 11 is 6.10. The molecule has 8 heteroatoms. The Labute approximate surface area is 157 Å².